The van der Waals surface area contributed by atoms with Crippen molar-refractivity contribution in [3.63, 3.8) is 0 Å². The number of ether oxygens (including phenoxy) is 2. The molecule has 1 aliphatic rings. The molecule has 1 heterocycles. The minimum absolute atomic E-state index is 0.00580. The van der Waals surface area contributed by atoms with Gasteiger partial charge >= 0.3 is 5.97 Å². The number of aromatic nitrogens is 2. The Labute approximate surface area is 191 Å². The third kappa shape index (κ3) is 4.38. The Balaban J connectivity index is 1.66. The highest BCUT2D eigenvalue weighted by Crippen LogP contribution is 2.35. The van der Waals surface area contributed by atoms with Crippen LogP contribution >= 0.6 is 0 Å². The first-order valence-electron chi connectivity index (χ1n) is 11.7. The lowest BCUT2D eigenvalue weighted by molar-refractivity contribution is -0.634. The molecule has 0 N–H and O–H groups in total. The number of hydrogen-bond acceptors (Lipinski definition) is 3. The lowest BCUT2D eigenvalue weighted by Gasteiger charge is -2.36. The minimum atomic E-state index is -0.161. The van der Waals surface area contributed by atoms with E-state index in [1.807, 2.05) is 43.4 Å². The molecule has 1 fully saturated rings. The summed E-state index contributed by atoms with van der Waals surface area (Å²) in [5.74, 6) is 3.18. The number of methoxy groups -OCH3 is 1. The summed E-state index contributed by atoms with van der Waals surface area (Å²) in [4.78, 5) is 13.2. The van der Waals surface area contributed by atoms with Crippen LogP contribution in [0.1, 0.15) is 40.0 Å². The molecular weight excluding hydrogens is 400 g/mol. The summed E-state index contributed by atoms with van der Waals surface area (Å²) in [6, 6.07) is 16.2. The molecule has 5 heteroatoms. The standard InChI is InChI=1S/C27H35N2O3/c1-18(2)22-15-10-19(3)16-25(22)32-26(30)17-29-24-9-7-6-8-23(24)28(4)27(29)20-11-13-21(31-5)14-12-20/h6-9,11-14,18-19,22,25H,10,15-17H2,1-5H3/q+1/t19-,22-,25+/m0/s1. The second kappa shape index (κ2) is 9.35. The molecule has 0 aliphatic heterocycles. The lowest BCUT2D eigenvalue weighted by atomic mass is 9.75. The van der Waals surface area contributed by atoms with E-state index in [1.54, 1.807) is 7.11 Å². The summed E-state index contributed by atoms with van der Waals surface area (Å²) < 4.78 is 15.7. The maximum atomic E-state index is 13.2. The van der Waals surface area contributed by atoms with Crippen molar-refractivity contribution in [1.82, 2.24) is 4.57 Å². The number of para-hydroxylation sites is 2. The zero-order chi connectivity index (χ0) is 22.8. The second-order valence-electron chi connectivity index (χ2n) is 9.54. The Kier molecular flexibility index (Phi) is 6.54. The maximum absolute atomic E-state index is 13.2. The number of carbonyl (C=O) groups excluding carboxylic acids is 1. The predicted molar refractivity (Wildman–Crippen MR) is 126 cm³/mol. The molecule has 1 aromatic heterocycles. The van der Waals surface area contributed by atoms with Crippen LogP contribution in [0.4, 0.5) is 0 Å². The van der Waals surface area contributed by atoms with Crippen LogP contribution in [0.2, 0.25) is 0 Å². The van der Waals surface area contributed by atoms with Gasteiger partial charge in [0.2, 0.25) is 0 Å². The van der Waals surface area contributed by atoms with Gasteiger partial charge in [0.25, 0.3) is 5.82 Å². The molecule has 5 nitrogen and oxygen atoms in total. The molecule has 0 radical (unpaired) electrons. The molecule has 0 saturated heterocycles. The van der Waals surface area contributed by atoms with Crippen LogP contribution < -0.4 is 9.30 Å². The topological polar surface area (TPSA) is 44.3 Å². The van der Waals surface area contributed by atoms with Crippen molar-refractivity contribution >= 4 is 17.0 Å². The van der Waals surface area contributed by atoms with Gasteiger partial charge < -0.3 is 9.47 Å². The van der Waals surface area contributed by atoms with Gasteiger partial charge in [0.05, 0.1) is 19.7 Å². The van der Waals surface area contributed by atoms with Crippen molar-refractivity contribution in [2.75, 3.05) is 7.11 Å². The number of fused-ring (bicyclic) bond motifs is 1. The number of esters is 1. The summed E-state index contributed by atoms with van der Waals surface area (Å²) in [5.41, 5.74) is 3.14. The van der Waals surface area contributed by atoms with Gasteiger partial charge in [-0.1, -0.05) is 39.3 Å². The highest BCUT2D eigenvalue weighted by atomic mass is 16.5. The van der Waals surface area contributed by atoms with E-state index < -0.39 is 0 Å². The van der Waals surface area contributed by atoms with Crippen molar-refractivity contribution in [1.29, 1.82) is 0 Å². The normalized spacial score (nSPS) is 21.1. The average Bonchev–Trinajstić information content (AvgIpc) is 3.05. The molecule has 3 aromatic rings. The highest BCUT2D eigenvalue weighted by molar-refractivity contribution is 5.79. The fraction of sp³-hybridized carbons (Fsp3) is 0.481. The van der Waals surface area contributed by atoms with E-state index in [-0.39, 0.29) is 18.6 Å². The molecule has 0 spiro atoms. The summed E-state index contributed by atoms with van der Waals surface area (Å²) in [6.07, 6.45) is 3.32. The first-order chi connectivity index (χ1) is 15.4. The highest BCUT2D eigenvalue weighted by Gasteiger charge is 2.34. The Hall–Kier alpha value is -2.82. The van der Waals surface area contributed by atoms with Gasteiger partial charge in [0, 0.05) is 0 Å². The summed E-state index contributed by atoms with van der Waals surface area (Å²) in [7, 11) is 3.71. The van der Waals surface area contributed by atoms with Crippen LogP contribution in [0.25, 0.3) is 22.4 Å². The lowest BCUT2D eigenvalue weighted by Crippen LogP contribution is -2.37. The number of rotatable bonds is 6. The van der Waals surface area contributed by atoms with E-state index in [0.29, 0.717) is 17.8 Å². The van der Waals surface area contributed by atoms with Crippen LogP contribution in [0, 0.1) is 17.8 Å². The predicted octanol–water partition coefficient (Wildman–Crippen LogP) is 5.15. The fourth-order valence-electron chi connectivity index (χ4n) is 5.22. The quantitative estimate of drug-likeness (QED) is 0.398. The van der Waals surface area contributed by atoms with E-state index in [2.05, 4.69) is 42.0 Å². The van der Waals surface area contributed by atoms with Gasteiger partial charge in [-0.15, -0.1) is 0 Å². The Morgan fingerprint density at radius 2 is 1.84 bits per heavy atom. The number of benzene rings is 2. The second-order valence-corrected chi connectivity index (χ2v) is 9.54. The van der Waals surface area contributed by atoms with Crippen molar-refractivity contribution < 1.29 is 18.8 Å². The Bertz CT molecular complexity index is 1080. The summed E-state index contributed by atoms with van der Waals surface area (Å²) >= 11 is 0. The SMILES string of the molecule is COc1ccc(-c2n(CC(=O)O[C@@H]3C[C@@H](C)CC[C@H]3C(C)C)c3ccccc3[n+]2C)cc1. The average molecular weight is 436 g/mol. The molecule has 2 aromatic carbocycles. The van der Waals surface area contributed by atoms with Gasteiger partial charge in [0.15, 0.2) is 17.6 Å². The molecule has 0 unspecified atom stereocenters. The minimum Gasteiger partial charge on any atom is -0.497 e. The third-order valence-corrected chi connectivity index (χ3v) is 6.99. The molecule has 4 rings (SSSR count). The number of carbonyl (C=O) groups is 1. The monoisotopic (exact) mass is 435 g/mol. The van der Waals surface area contributed by atoms with Crippen LogP contribution in [0.5, 0.6) is 5.75 Å². The van der Waals surface area contributed by atoms with Crippen LogP contribution in [0.3, 0.4) is 0 Å². The zero-order valence-electron chi connectivity index (χ0n) is 19.9. The van der Waals surface area contributed by atoms with E-state index in [1.165, 1.54) is 6.42 Å². The van der Waals surface area contributed by atoms with Crippen molar-refractivity contribution in [2.45, 2.75) is 52.7 Å². The molecule has 1 saturated carbocycles. The van der Waals surface area contributed by atoms with E-state index >= 15 is 0 Å². The zero-order valence-corrected chi connectivity index (χ0v) is 19.9. The van der Waals surface area contributed by atoms with Crippen molar-refractivity contribution in [3.05, 3.63) is 48.5 Å². The smallest absolute Gasteiger partial charge is 0.348 e. The number of aryl methyl sites for hydroxylation is 1. The molecule has 170 valence electrons. The molecule has 3 atom stereocenters. The Morgan fingerprint density at radius 1 is 1.12 bits per heavy atom. The van der Waals surface area contributed by atoms with Crippen LogP contribution in [0.15, 0.2) is 48.5 Å². The van der Waals surface area contributed by atoms with Gasteiger partial charge in [-0.25, -0.2) is 13.9 Å². The van der Waals surface area contributed by atoms with E-state index in [0.717, 1.165) is 41.0 Å². The van der Waals surface area contributed by atoms with Crippen LogP contribution in [-0.4, -0.2) is 23.8 Å². The molecule has 0 bridgehead atoms. The number of hydrogen-bond donors (Lipinski definition) is 0. The number of imidazole rings is 1. The largest absolute Gasteiger partial charge is 0.497 e. The van der Waals surface area contributed by atoms with E-state index in [4.69, 9.17) is 9.47 Å². The van der Waals surface area contributed by atoms with Gasteiger partial charge in [0.1, 0.15) is 11.9 Å². The van der Waals surface area contributed by atoms with Gasteiger partial charge in [-0.05, 0) is 67.0 Å². The third-order valence-electron chi connectivity index (χ3n) is 6.99. The summed E-state index contributed by atoms with van der Waals surface area (Å²) in [5, 5.41) is 0. The first-order valence-corrected chi connectivity index (χ1v) is 11.7. The van der Waals surface area contributed by atoms with Crippen LogP contribution in [-0.2, 0) is 23.1 Å². The molecule has 0 amide bonds. The molecule has 1 aliphatic carbocycles. The molecule has 32 heavy (non-hydrogen) atoms. The Morgan fingerprint density at radius 3 is 2.53 bits per heavy atom. The fourth-order valence-corrected chi connectivity index (χ4v) is 5.22. The summed E-state index contributed by atoms with van der Waals surface area (Å²) in [6.45, 7) is 6.93. The van der Waals surface area contributed by atoms with Gasteiger partial charge in [-0.2, -0.15) is 0 Å². The molecular formula is C27H35N2O3+. The first kappa shape index (κ1) is 22.4. The van der Waals surface area contributed by atoms with E-state index in [9.17, 15) is 4.79 Å². The number of nitrogens with zero attached hydrogens (tertiary/aromatic N) is 2. The van der Waals surface area contributed by atoms with Crippen molar-refractivity contribution in [3.8, 4) is 17.1 Å². The van der Waals surface area contributed by atoms with Crippen molar-refractivity contribution in [2.24, 2.45) is 24.8 Å². The maximum Gasteiger partial charge on any atom is 0.348 e. The van der Waals surface area contributed by atoms with Gasteiger partial charge in [-0.3, -0.25) is 0 Å².